The van der Waals surface area contributed by atoms with E-state index in [2.05, 4.69) is 37.7 Å². The molecule has 0 fully saturated rings. The summed E-state index contributed by atoms with van der Waals surface area (Å²) < 4.78 is 0. The number of benzene rings is 2. The van der Waals surface area contributed by atoms with E-state index in [0.29, 0.717) is 11.4 Å². The van der Waals surface area contributed by atoms with E-state index >= 15 is 0 Å². The van der Waals surface area contributed by atoms with E-state index in [9.17, 15) is 9.59 Å². The molecule has 3 aromatic rings. The average molecular weight is 371 g/mol. The zero-order chi connectivity index (χ0) is 19.5. The largest absolute Gasteiger partial charge is 0.341 e. The lowest BCUT2D eigenvalue weighted by Crippen LogP contribution is -2.50. The Morgan fingerprint density at radius 2 is 2.00 bits per heavy atom. The number of aliphatic imine (C=N–C) groups is 1. The van der Waals surface area contributed by atoms with E-state index in [1.54, 1.807) is 19.2 Å². The fraction of sp³-hybridized carbons (Fsp3) is 0.143. The zero-order valence-electron chi connectivity index (χ0n) is 15.1. The highest BCUT2D eigenvalue weighted by Gasteiger charge is 2.35. The summed E-state index contributed by atoms with van der Waals surface area (Å²) in [6.45, 7) is 1.67. The lowest BCUT2D eigenvalue weighted by Gasteiger charge is -2.26. The normalized spacial score (nSPS) is 18.6. The predicted molar refractivity (Wildman–Crippen MR) is 107 cm³/mol. The minimum atomic E-state index is -0.686. The molecule has 28 heavy (non-hydrogen) atoms. The Morgan fingerprint density at radius 1 is 1.18 bits per heavy atom. The van der Waals surface area contributed by atoms with Crippen molar-refractivity contribution in [1.29, 1.82) is 0 Å². The van der Waals surface area contributed by atoms with Gasteiger partial charge < -0.3 is 10.6 Å². The van der Waals surface area contributed by atoms with E-state index < -0.39 is 18.0 Å². The maximum absolute atomic E-state index is 12.9. The quantitative estimate of drug-likeness (QED) is 0.604. The second kappa shape index (κ2) is 7.37. The number of aromatic amines is 1. The van der Waals surface area contributed by atoms with E-state index in [0.717, 1.165) is 16.5 Å². The molecule has 0 aliphatic carbocycles. The van der Waals surface area contributed by atoms with Crippen LogP contribution in [0.4, 0.5) is 10.5 Å². The van der Waals surface area contributed by atoms with Crippen molar-refractivity contribution in [3.63, 3.8) is 0 Å². The van der Waals surface area contributed by atoms with Crippen LogP contribution in [-0.2, 0) is 4.79 Å². The predicted octanol–water partition coefficient (Wildman–Crippen LogP) is 2.72. The number of fused-ring (bicyclic) bond motifs is 1. The molecule has 4 rings (SSSR count). The SMILES string of the molecule is CC1=NC(=O)NC(C#Cc2ccccc2)C1C(=O)Nc1ccc2[nH]ncc2c1. The summed E-state index contributed by atoms with van der Waals surface area (Å²) in [7, 11) is 0. The van der Waals surface area contributed by atoms with Crippen LogP contribution in [0.5, 0.6) is 0 Å². The van der Waals surface area contributed by atoms with E-state index in [1.165, 1.54) is 0 Å². The Hall–Kier alpha value is -3.92. The highest BCUT2D eigenvalue weighted by molar-refractivity contribution is 6.13. The topological polar surface area (TPSA) is 99.2 Å². The molecular weight excluding hydrogens is 354 g/mol. The lowest BCUT2D eigenvalue weighted by molar-refractivity contribution is -0.118. The van der Waals surface area contributed by atoms with Crippen LogP contribution in [0.1, 0.15) is 12.5 Å². The summed E-state index contributed by atoms with van der Waals surface area (Å²) in [6.07, 6.45) is 1.69. The van der Waals surface area contributed by atoms with Gasteiger partial charge >= 0.3 is 6.03 Å². The Balaban J connectivity index is 1.59. The van der Waals surface area contributed by atoms with Crippen molar-refractivity contribution >= 4 is 34.2 Å². The van der Waals surface area contributed by atoms with Crippen molar-refractivity contribution in [2.45, 2.75) is 13.0 Å². The van der Waals surface area contributed by atoms with Gasteiger partial charge in [0, 0.05) is 22.3 Å². The summed E-state index contributed by atoms with van der Waals surface area (Å²) in [5.41, 5.74) is 2.75. The van der Waals surface area contributed by atoms with Crippen molar-refractivity contribution in [2.24, 2.45) is 10.9 Å². The zero-order valence-corrected chi connectivity index (χ0v) is 15.1. The summed E-state index contributed by atoms with van der Waals surface area (Å²) in [4.78, 5) is 28.7. The molecule has 0 radical (unpaired) electrons. The molecule has 1 aliphatic rings. The molecule has 0 saturated heterocycles. The smallest absolute Gasteiger partial charge is 0.325 e. The standard InChI is InChI=1S/C21H17N5O2/c1-13-19(20(27)24-16-8-10-17-15(11-16)12-22-26-17)18(25-21(28)23-13)9-7-14-5-3-2-4-6-14/h2-6,8,10-12,18-19H,1H3,(H,22,26)(H,24,27)(H,25,28). The third kappa shape index (κ3) is 3.62. The fourth-order valence-corrected chi connectivity index (χ4v) is 3.10. The van der Waals surface area contributed by atoms with E-state index in [-0.39, 0.29) is 5.91 Å². The molecule has 3 N–H and O–H groups in total. The van der Waals surface area contributed by atoms with Gasteiger partial charge in [-0.25, -0.2) is 9.79 Å². The number of aromatic nitrogens is 2. The summed E-state index contributed by atoms with van der Waals surface area (Å²) in [5, 5.41) is 13.3. The second-order valence-corrected chi connectivity index (χ2v) is 6.45. The molecule has 0 saturated carbocycles. The monoisotopic (exact) mass is 371 g/mol. The van der Waals surface area contributed by atoms with Crippen molar-refractivity contribution < 1.29 is 9.59 Å². The van der Waals surface area contributed by atoms with Crippen LogP contribution in [0.2, 0.25) is 0 Å². The van der Waals surface area contributed by atoms with Crippen LogP contribution < -0.4 is 10.6 Å². The van der Waals surface area contributed by atoms with E-state index in [1.807, 2.05) is 42.5 Å². The molecule has 1 aromatic heterocycles. The van der Waals surface area contributed by atoms with Gasteiger partial charge in [-0.15, -0.1) is 0 Å². The summed E-state index contributed by atoms with van der Waals surface area (Å²) in [5.74, 6) is 5.05. The number of hydrogen-bond donors (Lipinski definition) is 3. The lowest BCUT2D eigenvalue weighted by atomic mass is 9.92. The highest BCUT2D eigenvalue weighted by Crippen LogP contribution is 2.20. The Morgan fingerprint density at radius 3 is 2.82 bits per heavy atom. The first kappa shape index (κ1) is 17.5. The van der Waals surface area contributed by atoms with Gasteiger partial charge in [0.15, 0.2) is 0 Å². The Labute approximate surface area is 161 Å². The van der Waals surface area contributed by atoms with Crippen LogP contribution in [0, 0.1) is 17.8 Å². The third-order valence-corrected chi connectivity index (χ3v) is 4.48. The van der Waals surface area contributed by atoms with Gasteiger partial charge in [0.1, 0.15) is 12.0 Å². The summed E-state index contributed by atoms with van der Waals surface area (Å²) in [6, 6.07) is 13.7. The van der Waals surface area contributed by atoms with Gasteiger partial charge in [-0.2, -0.15) is 5.10 Å². The number of amides is 3. The maximum Gasteiger partial charge on any atom is 0.341 e. The molecule has 7 nitrogen and oxygen atoms in total. The van der Waals surface area contributed by atoms with Crippen molar-refractivity contribution in [3.05, 3.63) is 60.3 Å². The average Bonchev–Trinajstić information content (AvgIpc) is 3.14. The minimum Gasteiger partial charge on any atom is -0.325 e. The first-order chi connectivity index (χ1) is 13.6. The molecule has 7 heteroatoms. The van der Waals surface area contributed by atoms with Gasteiger partial charge in [0.2, 0.25) is 5.91 Å². The van der Waals surface area contributed by atoms with Gasteiger partial charge in [-0.05, 0) is 37.3 Å². The number of hydrogen-bond acceptors (Lipinski definition) is 3. The summed E-state index contributed by atoms with van der Waals surface area (Å²) >= 11 is 0. The molecule has 3 amide bonds. The molecule has 0 spiro atoms. The first-order valence-electron chi connectivity index (χ1n) is 8.76. The molecular formula is C21H17N5O2. The number of nitrogens with one attached hydrogen (secondary N) is 3. The second-order valence-electron chi connectivity index (χ2n) is 6.45. The van der Waals surface area contributed by atoms with Crippen molar-refractivity contribution in [1.82, 2.24) is 15.5 Å². The third-order valence-electron chi connectivity index (χ3n) is 4.48. The van der Waals surface area contributed by atoms with Gasteiger partial charge in [-0.3, -0.25) is 9.89 Å². The van der Waals surface area contributed by atoms with E-state index in [4.69, 9.17) is 0 Å². The van der Waals surface area contributed by atoms with Crippen LogP contribution in [0.25, 0.3) is 10.9 Å². The molecule has 0 bridgehead atoms. The van der Waals surface area contributed by atoms with Crippen molar-refractivity contribution in [3.8, 4) is 11.8 Å². The van der Waals surface area contributed by atoms with Crippen LogP contribution >= 0.6 is 0 Å². The minimum absolute atomic E-state index is 0.281. The van der Waals surface area contributed by atoms with Crippen LogP contribution in [-0.4, -0.2) is 33.9 Å². The van der Waals surface area contributed by atoms with Gasteiger partial charge in [0.25, 0.3) is 0 Å². The first-order valence-corrected chi connectivity index (χ1v) is 8.76. The number of urea groups is 1. The number of H-pyrrole nitrogens is 1. The molecule has 2 heterocycles. The van der Waals surface area contributed by atoms with Gasteiger partial charge in [-0.1, -0.05) is 30.0 Å². The highest BCUT2D eigenvalue weighted by atomic mass is 16.2. The van der Waals surface area contributed by atoms with Crippen molar-refractivity contribution in [2.75, 3.05) is 5.32 Å². The van der Waals surface area contributed by atoms with Crippen LogP contribution in [0.15, 0.2) is 59.7 Å². The fourth-order valence-electron chi connectivity index (χ4n) is 3.10. The number of nitrogens with zero attached hydrogens (tertiary/aromatic N) is 2. The number of rotatable bonds is 2. The molecule has 2 unspecified atom stereocenters. The molecule has 2 atom stereocenters. The van der Waals surface area contributed by atoms with Crippen LogP contribution in [0.3, 0.4) is 0 Å². The number of carbonyl (C=O) groups excluding carboxylic acids is 2. The molecule has 138 valence electrons. The number of carbonyl (C=O) groups is 2. The molecule has 2 aromatic carbocycles. The Kier molecular flexibility index (Phi) is 4.60. The maximum atomic E-state index is 12.9. The van der Waals surface area contributed by atoms with Gasteiger partial charge in [0.05, 0.1) is 11.7 Å². The number of anilines is 1. The Bertz CT molecular complexity index is 1140. The molecule has 1 aliphatic heterocycles.